The molecule has 0 aliphatic rings. The van der Waals surface area contributed by atoms with E-state index < -0.39 is 0 Å². The van der Waals surface area contributed by atoms with Gasteiger partial charge < -0.3 is 4.48 Å². The maximum absolute atomic E-state index is 10.7. The number of carbonyl (C=O) groups is 1. The second-order valence-corrected chi connectivity index (χ2v) is 5.51. The van der Waals surface area contributed by atoms with Gasteiger partial charge in [-0.15, -0.1) is 24.0 Å². The third-order valence-electron chi connectivity index (χ3n) is 1.17. The van der Waals surface area contributed by atoms with Gasteiger partial charge in [0.1, 0.15) is 0 Å². The van der Waals surface area contributed by atoms with Crippen molar-refractivity contribution in [2.45, 2.75) is 19.1 Å². The number of thioether (sulfide) groups is 1. The maximum Gasteiger partial charge on any atom is 0.186 e. The van der Waals surface area contributed by atoms with Gasteiger partial charge in [0.15, 0.2) is 5.12 Å². The van der Waals surface area contributed by atoms with E-state index in [1.165, 1.54) is 11.8 Å². The van der Waals surface area contributed by atoms with E-state index in [9.17, 15) is 4.79 Å². The zero-order valence-corrected chi connectivity index (χ0v) is 11.6. The molecule has 0 amide bonds. The van der Waals surface area contributed by atoms with Gasteiger partial charge in [-0.1, -0.05) is 11.8 Å². The summed E-state index contributed by atoms with van der Waals surface area (Å²) < 4.78 is 0.918. The van der Waals surface area contributed by atoms with Gasteiger partial charge in [-0.3, -0.25) is 4.79 Å². The quantitative estimate of drug-likeness (QED) is 0.586. The molecule has 0 aromatic rings. The third-order valence-corrected chi connectivity index (χ3v) is 2.06. The standard InChI is InChI=1S/C8H18NOS.HI/c1-7(11-8(2)10)6-9(3,4)5;/h7H,6H2,1-5H3;1H/q+1;. The highest BCUT2D eigenvalue weighted by molar-refractivity contribution is 14.0. The van der Waals surface area contributed by atoms with Crippen LogP contribution in [0.3, 0.4) is 0 Å². The molecule has 0 aromatic heterocycles. The van der Waals surface area contributed by atoms with E-state index >= 15 is 0 Å². The lowest BCUT2D eigenvalue weighted by Crippen LogP contribution is -2.39. The Morgan fingerprint density at radius 2 is 1.83 bits per heavy atom. The van der Waals surface area contributed by atoms with Crippen LogP contribution in [0.5, 0.6) is 0 Å². The first kappa shape index (κ1) is 15.2. The molecule has 0 spiro atoms. The van der Waals surface area contributed by atoms with Crippen molar-refractivity contribution >= 4 is 40.9 Å². The number of halogens is 1. The van der Waals surface area contributed by atoms with Crippen LogP contribution in [-0.4, -0.2) is 42.5 Å². The van der Waals surface area contributed by atoms with Crippen molar-refractivity contribution in [3.05, 3.63) is 0 Å². The molecule has 4 heteroatoms. The number of rotatable bonds is 3. The van der Waals surface area contributed by atoms with Crippen molar-refractivity contribution in [1.82, 2.24) is 0 Å². The first-order chi connectivity index (χ1) is 4.81. The summed E-state index contributed by atoms with van der Waals surface area (Å²) in [5.74, 6) is 0. The van der Waals surface area contributed by atoms with Gasteiger partial charge >= 0.3 is 0 Å². The lowest BCUT2D eigenvalue weighted by Gasteiger charge is -2.26. The SMILES string of the molecule is CC(=O)SC(C)C[N+](C)(C)C.I. The minimum Gasteiger partial charge on any atom is -0.330 e. The first-order valence-electron chi connectivity index (χ1n) is 3.79. The molecule has 0 fully saturated rings. The first-order valence-corrected chi connectivity index (χ1v) is 4.67. The van der Waals surface area contributed by atoms with Crippen LogP contribution < -0.4 is 0 Å². The number of quaternary nitrogens is 1. The predicted octanol–water partition coefficient (Wildman–Crippen LogP) is 1.98. The van der Waals surface area contributed by atoms with Crippen molar-refractivity contribution in [2.24, 2.45) is 0 Å². The van der Waals surface area contributed by atoms with Crippen LogP contribution in [0, 0.1) is 0 Å². The Morgan fingerprint density at radius 3 is 2.08 bits per heavy atom. The molecule has 74 valence electrons. The fourth-order valence-electron chi connectivity index (χ4n) is 1.09. The number of nitrogens with zero attached hydrogens (tertiary/aromatic N) is 1. The highest BCUT2D eigenvalue weighted by Crippen LogP contribution is 2.13. The third kappa shape index (κ3) is 10.7. The largest absolute Gasteiger partial charge is 0.330 e. The Kier molecular flexibility index (Phi) is 7.86. The summed E-state index contributed by atoms with van der Waals surface area (Å²) in [5, 5.41) is 0.637. The monoisotopic (exact) mass is 304 g/mol. The molecule has 2 nitrogen and oxygen atoms in total. The Morgan fingerprint density at radius 1 is 1.42 bits per heavy atom. The molecule has 0 N–H and O–H groups in total. The topological polar surface area (TPSA) is 17.1 Å². The van der Waals surface area contributed by atoms with Crippen molar-refractivity contribution in [2.75, 3.05) is 27.7 Å². The van der Waals surface area contributed by atoms with Crippen molar-refractivity contribution in [3.8, 4) is 0 Å². The summed E-state index contributed by atoms with van der Waals surface area (Å²) in [5.41, 5.74) is 0. The molecule has 0 aliphatic carbocycles. The molecule has 1 atom stereocenters. The number of hydrogen-bond acceptors (Lipinski definition) is 2. The average Bonchev–Trinajstić information content (AvgIpc) is 1.53. The minimum atomic E-state index is 0. The predicted molar refractivity (Wildman–Crippen MR) is 66.0 cm³/mol. The highest BCUT2D eigenvalue weighted by Gasteiger charge is 2.15. The summed E-state index contributed by atoms with van der Waals surface area (Å²) in [6.07, 6.45) is 0. The van der Waals surface area contributed by atoms with Gasteiger partial charge in [-0.25, -0.2) is 0 Å². The van der Waals surface area contributed by atoms with Crippen LogP contribution >= 0.6 is 35.7 Å². The summed E-state index contributed by atoms with van der Waals surface area (Å²) in [4.78, 5) is 10.7. The molecule has 0 bridgehead atoms. The summed E-state index contributed by atoms with van der Waals surface area (Å²) in [6, 6.07) is 0. The smallest absolute Gasteiger partial charge is 0.186 e. The summed E-state index contributed by atoms with van der Waals surface area (Å²) in [6.45, 7) is 4.75. The Bertz CT molecular complexity index is 144. The van der Waals surface area contributed by atoms with Gasteiger partial charge in [0.05, 0.1) is 32.9 Å². The van der Waals surface area contributed by atoms with E-state index in [-0.39, 0.29) is 29.1 Å². The van der Waals surface area contributed by atoms with Gasteiger partial charge in [0.2, 0.25) is 0 Å². The number of hydrogen-bond donors (Lipinski definition) is 0. The van der Waals surface area contributed by atoms with Gasteiger partial charge in [-0.05, 0) is 6.92 Å². The van der Waals surface area contributed by atoms with E-state index in [1.807, 2.05) is 0 Å². The molecule has 0 aliphatic heterocycles. The second kappa shape index (κ2) is 6.21. The summed E-state index contributed by atoms with van der Waals surface area (Å²) in [7, 11) is 6.41. The Labute approximate surface area is 96.7 Å². The van der Waals surface area contributed by atoms with Gasteiger partial charge in [0, 0.05) is 6.92 Å². The van der Waals surface area contributed by atoms with Crippen LogP contribution in [0.2, 0.25) is 0 Å². The van der Waals surface area contributed by atoms with Crippen molar-refractivity contribution in [1.29, 1.82) is 0 Å². The van der Waals surface area contributed by atoms with Crippen LogP contribution in [0.1, 0.15) is 13.8 Å². The number of carbonyl (C=O) groups excluding carboxylic acids is 1. The normalized spacial score (nSPS) is 13.4. The minimum absolute atomic E-state index is 0. The van der Waals surface area contributed by atoms with E-state index in [0.717, 1.165) is 11.0 Å². The van der Waals surface area contributed by atoms with Crippen molar-refractivity contribution < 1.29 is 9.28 Å². The van der Waals surface area contributed by atoms with Gasteiger partial charge in [0.25, 0.3) is 0 Å². The molecule has 0 radical (unpaired) electrons. The Hall–Kier alpha value is 0.710. The molecule has 0 saturated heterocycles. The summed E-state index contributed by atoms with van der Waals surface area (Å²) >= 11 is 1.43. The molecule has 0 rings (SSSR count). The lowest BCUT2D eigenvalue weighted by atomic mass is 10.4. The molecule has 12 heavy (non-hydrogen) atoms. The fraction of sp³-hybridized carbons (Fsp3) is 0.875. The van der Waals surface area contributed by atoms with Crippen molar-refractivity contribution in [3.63, 3.8) is 0 Å². The van der Waals surface area contributed by atoms with E-state index in [2.05, 4.69) is 28.1 Å². The van der Waals surface area contributed by atoms with Crippen LogP contribution in [0.15, 0.2) is 0 Å². The van der Waals surface area contributed by atoms with Crippen LogP contribution in [-0.2, 0) is 4.79 Å². The zero-order valence-electron chi connectivity index (χ0n) is 8.46. The molecular formula is C8H19INOS+. The maximum atomic E-state index is 10.7. The highest BCUT2D eigenvalue weighted by atomic mass is 127. The lowest BCUT2D eigenvalue weighted by molar-refractivity contribution is -0.869. The van der Waals surface area contributed by atoms with Gasteiger partial charge in [-0.2, -0.15) is 0 Å². The van der Waals surface area contributed by atoms with E-state index in [1.54, 1.807) is 6.92 Å². The van der Waals surface area contributed by atoms with E-state index in [0.29, 0.717) is 5.25 Å². The second-order valence-electron chi connectivity index (χ2n) is 3.89. The van der Waals surface area contributed by atoms with Crippen LogP contribution in [0.25, 0.3) is 0 Å². The molecule has 1 unspecified atom stereocenters. The zero-order chi connectivity index (χ0) is 9.07. The fourth-order valence-corrected chi connectivity index (χ4v) is 2.18. The molecule has 0 heterocycles. The molecular weight excluding hydrogens is 285 g/mol. The molecule has 0 aromatic carbocycles. The molecule has 0 saturated carbocycles. The Balaban J connectivity index is 0. The van der Waals surface area contributed by atoms with Crippen LogP contribution in [0.4, 0.5) is 0 Å². The van der Waals surface area contributed by atoms with E-state index in [4.69, 9.17) is 0 Å². The average molecular weight is 304 g/mol.